The summed E-state index contributed by atoms with van der Waals surface area (Å²) in [7, 11) is 0. The van der Waals surface area contributed by atoms with Crippen molar-refractivity contribution in [3.8, 4) is 0 Å². The lowest BCUT2D eigenvalue weighted by atomic mass is 10.2. The van der Waals surface area contributed by atoms with Crippen molar-refractivity contribution in [2.24, 2.45) is 0 Å². The van der Waals surface area contributed by atoms with Gasteiger partial charge in [-0.1, -0.05) is 6.07 Å². The molecule has 1 amide bonds. The van der Waals surface area contributed by atoms with Gasteiger partial charge in [-0.3, -0.25) is 4.79 Å². The van der Waals surface area contributed by atoms with E-state index in [2.05, 4.69) is 21.2 Å². The Hall–Kier alpha value is -1.31. The van der Waals surface area contributed by atoms with Crippen LogP contribution in [0.3, 0.4) is 0 Å². The Balaban J connectivity index is 2.64. The van der Waals surface area contributed by atoms with Crippen molar-refractivity contribution in [2.75, 3.05) is 11.9 Å². The van der Waals surface area contributed by atoms with Crippen LogP contribution in [-0.4, -0.2) is 24.7 Å². The predicted octanol–water partition coefficient (Wildman–Crippen LogP) is 3.07. The molecule has 8 heteroatoms. The summed E-state index contributed by atoms with van der Waals surface area (Å²) in [6, 6.07) is 3.17. The Labute approximate surface area is 115 Å². The molecule has 1 atom stereocenters. The van der Waals surface area contributed by atoms with Crippen molar-refractivity contribution < 1.29 is 22.4 Å². The molecule has 19 heavy (non-hydrogen) atoms. The van der Waals surface area contributed by atoms with Crippen molar-refractivity contribution in [3.63, 3.8) is 0 Å². The van der Waals surface area contributed by atoms with Gasteiger partial charge < -0.3 is 10.6 Å². The zero-order valence-electron chi connectivity index (χ0n) is 9.81. The molecule has 2 N–H and O–H groups in total. The van der Waals surface area contributed by atoms with Gasteiger partial charge in [0, 0.05) is 4.47 Å². The van der Waals surface area contributed by atoms with Gasteiger partial charge in [0.2, 0.25) is 5.91 Å². The third-order valence-corrected chi connectivity index (χ3v) is 2.84. The van der Waals surface area contributed by atoms with E-state index in [-0.39, 0.29) is 5.69 Å². The van der Waals surface area contributed by atoms with Crippen LogP contribution in [0.5, 0.6) is 0 Å². The van der Waals surface area contributed by atoms with E-state index in [0.29, 0.717) is 4.47 Å². The first kappa shape index (κ1) is 15.7. The molecule has 0 aromatic heterocycles. The zero-order valence-corrected chi connectivity index (χ0v) is 11.4. The highest BCUT2D eigenvalue weighted by Gasteiger charge is 2.28. The molecule has 0 aliphatic carbocycles. The molecule has 0 heterocycles. The van der Waals surface area contributed by atoms with Crippen LogP contribution in [-0.2, 0) is 4.79 Å². The second-order valence-corrected chi connectivity index (χ2v) is 4.65. The Bertz CT molecular complexity index is 444. The van der Waals surface area contributed by atoms with Crippen molar-refractivity contribution in [1.29, 1.82) is 0 Å². The molecule has 1 aromatic carbocycles. The van der Waals surface area contributed by atoms with Crippen LogP contribution >= 0.6 is 15.9 Å². The molecule has 0 aliphatic rings. The SMILES string of the molecule is CC(Nc1c(F)cccc1Br)C(=O)NCC(F)(F)F. The third kappa shape index (κ3) is 5.06. The summed E-state index contributed by atoms with van der Waals surface area (Å²) in [6.45, 7) is -0.0825. The number of alkyl halides is 3. The maximum absolute atomic E-state index is 13.4. The van der Waals surface area contributed by atoms with Crippen molar-refractivity contribution in [2.45, 2.75) is 19.1 Å². The average molecular weight is 343 g/mol. The van der Waals surface area contributed by atoms with Gasteiger partial charge in [0.05, 0.1) is 5.69 Å². The minimum atomic E-state index is -4.48. The third-order valence-electron chi connectivity index (χ3n) is 2.18. The van der Waals surface area contributed by atoms with Gasteiger partial charge in [-0.2, -0.15) is 13.2 Å². The zero-order chi connectivity index (χ0) is 14.6. The molecule has 0 aliphatic heterocycles. The number of halogens is 5. The smallest absolute Gasteiger partial charge is 0.371 e. The van der Waals surface area contributed by atoms with E-state index >= 15 is 0 Å². The Morgan fingerprint density at radius 3 is 2.58 bits per heavy atom. The summed E-state index contributed by atoms with van der Waals surface area (Å²) in [5, 5.41) is 4.23. The number of rotatable bonds is 4. The van der Waals surface area contributed by atoms with Crippen LogP contribution in [0.4, 0.5) is 23.2 Å². The number of para-hydroxylation sites is 1. The van der Waals surface area contributed by atoms with E-state index in [1.807, 2.05) is 0 Å². The van der Waals surface area contributed by atoms with Crippen LogP contribution in [0.25, 0.3) is 0 Å². The summed E-state index contributed by atoms with van der Waals surface area (Å²) in [4.78, 5) is 11.4. The molecule has 106 valence electrons. The normalized spacial score (nSPS) is 12.9. The number of benzene rings is 1. The lowest BCUT2D eigenvalue weighted by Crippen LogP contribution is -2.42. The number of nitrogens with one attached hydrogen (secondary N) is 2. The maximum atomic E-state index is 13.4. The first-order valence-corrected chi connectivity index (χ1v) is 6.05. The van der Waals surface area contributed by atoms with Gasteiger partial charge in [-0.05, 0) is 35.0 Å². The highest BCUT2D eigenvalue weighted by molar-refractivity contribution is 9.10. The van der Waals surface area contributed by atoms with Crippen LogP contribution in [0.1, 0.15) is 6.92 Å². The van der Waals surface area contributed by atoms with Crippen LogP contribution in [0.15, 0.2) is 22.7 Å². The molecule has 0 spiro atoms. The van der Waals surface area contributed by atoms with Crippen LogP contribution in [0, 0.1) is 5.82 Å². The summed E-state index contributed by atoms with van der Waals surface area (Å²) >= 11 is 3.08. The number of amides is 1. The van der Waals surface area contributed by atoms with Gasteiger partial charge in [-0.25, -0.2) is 4.39 Å². The summed E-state index contributed by atoms with van der Waals surface area (Å²) in [5.41, 5.74) is 0.0251. The number of carbonyl (C=O) groups excluding carboxylic acids is 1. The van der Waals surface area contributed by atoms with Crippen molar-refractivity contribution in [3.05, 3.63) is 28.5 Å². The van der Waals surface area contributed by atoms with Gasteiger partial charge in [0.25, 0.3) is 0 Å². The molecule has 1 unspecified atom stereocenters. The first-order valence-electron chi connectivity index (χ1n) is 5.25. The monoisotopic (exact) mass is 342 g/mol. The molecule has 1 rings (SSSR count). The second-order valence-electron chi connectivity index (χ2n) is 3.80. The fourth-order valence-corrected chi connectivity index (χ4v) is 1.71. The molecule has 0 saturated carbocycles. The molecule has 0 radical (unpaired) electrons. The van der Waals surface area contributed by atoms with E-state index in [4.69, 9.17) is 0 Å². The van der Waals surface area contributed by atoms with E-state index in [1.54, 1.807) is 11.4 Å². The molecule has 1 aromatic rings. The number of carbonyl (C=O) groups is 1. The van der Waals surface area contributed by atoms with Gasteiger partial charge in [0.15, 0.2) is 0 Å². The minimum absolute atomic E-state index is 0.0251. The standard InChI is InChI=1S/C11H11BrF4N2O/c1-6(10(19)17-5-11(14,15)16)18-9-7(12)3-2-4-8(9)13/h2-4,6,18H,5H2,1H3,(H,17,19). The number of hydrogen-bond donors (Lipinski definition) is 2. The van der Waals surface area contributed by atoms with Gasteiger partial charge in [0.1, 0.15) is 18.4 Å². The molecular formula is C11H11BrF4N2O. The lowest BCUT2D eigenvalue weighted by molar-refractivity contribution is -0.138. The summed E-state index contributed by atoms with van der Waals surface area (Å²) in [5.74, 6) is -1.47. The van der Waals surface area contributed by atoms with Crippen molar-refractivity contribution >= 4 is 27.5 Å². The van der Waals surface area contributed by atoms with E-state index < -0.39 is 30.5 Å². The maximum Gasteiger partial charge on any atom is 0.405 e. The van der Waals surface area contributed by atoms with Gasteiger partial charge in [-0.15, -0.1) is 0 Å². The first-order chi connectivity index (χ1) is 8.70. The topological polar surface area (TPSA) is 41.1 Å². The molecule has 3 nitrogen and oxygen atoms in total. The Morgan fingerprint density at radius 2 is 2.05 bits per heavy atom. The van der Waals surface area contributed by atoms with E-state index in [1.165, 1.54) is 19.1 Å². The van der Waals surface area contributed by atoms with Crippen molar-refractivity contribution in [1.82, 2.24) is 5.32 Å². The highest BCUT2D eigenvalue weighted by Crippen LogP contribution is 2.25. The molecule has 0 saturated heterocycles. The number of hydrogen-bond acceptors (Lipinski definition) is 2. The van der Waals surface area contributed by atoms with E-state index in [0.717, 1.165) is 0 Å². The fraction of sp³-hybridized carbons (Fsp3) is 0.364. The Morgan fingerprint density at radius 1 is 1.42 bits per heavy atom. The minimum Gasteiger partial charge on any atom is -0.371 e. The fourth-order valence-electron chi connectivity index (χ4n) is 1.26. The van der Waals surface area contributed by atoms with Crippen LogP contribution < -0.4 is 10.6 Å². The highest BCUT2D eigenvalue weighted by atomic mass is 79.9. The van der Waals surface area contributed by atoms with Gasteiger partial charge >= 0.3 is 6.18 Å². The average Bonchev–Trinajstić information content (AvgIpc) is 2.29. The second kappa shape index (κ2) is 6.23. The predicted molar refractivity (Wildman–Crippen MR) is 66.2 cm³/mol. The van der Waals surface area contributed by atoms with E-state index in [9.17, 15) is 22.4 Å². The van der Waals surface area contributed by atoms with Crippen LogP contribution in [0.2, 0.25) is 0 Å². The lowest BCUT2D eigenvalue weighted by Gasteiger charge is -2.17. The molecule has 0 bridgehead atoms. The number of anilines is 1. The molecule has 0 fully saturated rings. The quantitative estimate of drug-likeness (QED) is 0.825. The Kier molecular flexibility index (Phi) is 5.16. The largest absolute Gasteiger partial charge is 0.405 e. The summed E-state index contributed by atoms with van der Waals surface area (Å²) in [6.07, 6.45) is -4.48. The molecular weight excluding hydrogens is 332 g/mol. The summed E-state index contributed by atoms with van der Waals surface area (Å²) < 4.78 is 49.6.